The molecular formula is C10H9. The third-order valence-electron chi connectivity index (χ3n) is 1.05. The van der Waals surface area contributed by atoms with E-state index >= 15 is 0 Å². The maximum Gasteiger partial charge on any atom is -0.0184 e. The van der Waals surface area contributed by atoms with E-state index in [4.69, 9.17) is 0 Å². The molecule has 10 heavy (non-hydrogen) atoms. The van der Waals surface area contributed by atoms with Crippen molar-refractivity contribution in [2.24, 2.45) is 0 Å². The molecular weight excluding hydrogens is 120 g/mol. The molecule has 0 atom stereocenters. The van der Waals surface area contributed by atoms with E-state index in [1.807, 2.05) is 54.6 Å². The quantitative estimate of drug-likeness (QED) is 0.505. The second-order valence-corrected chi connectivity index (χ2v) is 1.85. The van der Waals surface area contributed by atoms with Crippen LogP contribution in [-0.4, -0.2) is 0 Å². The molecule has 0 saturated carbocycles. The monoisotopic (exact) mass is 129 g/mol. The molecule has 0 unspecified atom stereocenters. The van der Waals surface area contributed by atoms with Crippen molar-refractivity contribution in [1.82, 2.24) is 0 Å². The Balaban J connectivity index is 3.00. The van der Waals surface area contributed by atoms with Crippen LogP contribution in [0.1, 0.15) is 0 Å². The zero-order valence-electron chi connectivity index (χ0n) is 5.70. The van der Waals surface area contributed by atoms with Crippen LogP contribution < -0.4 is 0 Å². The largest absolute Gasteiger partial charge is 0.0623 e. The van der Waals surface area contributed by atoms with E-state index in [9.17, 15) is 0 Å². The van der Waals surface area contributed by atoms with Crippen LogP contribution in [0, 0.1) is 6.07 Å². The molecule has 1 aromatic rings. The molecule has 1 rings (SSSR count). The Morgan fingerprint density at radius 3 is 1.40 bits per heavy atom. The third-order valence-corrected chi connectivity index (χ3v) is 1.05. The van der Waals surface area contributed by atoms with Gasteiger partial charge in [-0.25, -0.2) is 0 Å². The molecule has 0 fully saturated rings. The van der Waals surface area contributed by atoms with Crippen molar-refractivity contribution in [1.29, 1.82) is 0 Å². The Morgan fingerprint density at radius 1 is 0.500 bits per heavy atom. The van der Waals surface area contributed by atoms with E-state index < -0.39 is 0 Å². The van der Waals surface area contributed by atoms with Crippen LogP contribution in [-0.2, 0) is 0 Å². The van der Waals surface area contributed by atoms with E-state index in [-0.39, 0.29) is 0 Å². The Kier molecular flexibility index (Phi) is 3.11. The summed E-state index contributed by atoms with van der Waals surface area (Å²) in [6.07, 6.45) is 0. The second-order valence-electron chi connectivity index (χ2n) is 1.85. The molecule has 0 spiro atoms. The molecule has 0 aromatic heterocycles. The van der Waals surface area contributed by atoms with Gasteiger partial charge in [0.05, 0.1) is 0 Å². The molecule has 0 aliphatic carbocycles. The molecule has 1 radical (unpaired) electrons. The fourth-order valence-corrected chi connectivity index (χ4v) is 0.599. The van der Waals surface area contributed by atoms with Gasteiger partial charge in [0.15, 0.2) is 0 Å². The van der Waals surface area contributed by atoms with Crippen LogP contribution in [0.4, 0.5) is 0 Å². The maximum absolute atomic E-state index is 2.98. The van der Waals surface area contributed by atoms with Gasteiger partial charge in [0.2, 0.25) is 0 Å². The predicted molar refractivity (Wildman–Crippen MR) is 42.9 cm³/mol. The van der Waals surface area contributed by atoms with E-state index in [1.165, 1.54) is 0 Å². The van der Waals surface area contributed by atoms with Crippen LogP contribution in [0.5, 0.6) is 0 Å². The number of hydrogen-bond donors (Lipinski definition) is 0. The Bertz CT molecular complexity index is 139. The van der Waals surface area contributed by atoms with E-state index in [0.29, 0.717) is 0 Å². The average molecular weight is 129 g/mol. The van der Waals surface area contributed by atoms with Gasteiger partial charge in [0.25, 0.3) is 0 Å². The number of hydrogen-bond acceptors (Lipinski definition) is 0. The van der Waals surface area contributed by atoms with Crippen LogP contribution in [0.25, 0.3) is 0 Å². The third kappa shape index (κ3) is 2.88. The van der Waals surface area contributed by atoms with E-state index in [0.717, 1.165) is 0 Å². The first-order chi connectivity index (χ1) is 5.00. The SMILES string of the molecule is [c]1ccccccccc1. The lowest BCUT2D eigenvalue weighted by Gasteiger charge is -1.69. The fraction of sp³-hybridized carbons (Fsp3) is 0. The van der Waals surface area contributed by atoms with Crippen molar-refractivity contribution < 1.29 is 0 Å². The van der Waals surface area contributed by atoms with Crippen molar-refractivity contribution in [3.05, 3.63) is 60.7 Å². The molecule has 0 aliphatic rings. The fourth-order valence-electron chi connectivity index (χ4n) is 0.599. The summed E-state index contributed by atoms with van der Waals surface area (Å²) in [6, 6.07) is 20.5. The highest BCUT2D eigenvalue weighted by Crippen LogP contribution is 1.79. The smallest absolute Gasteiger partial charge is 0.0184 e. The van der Waals surface area contributed by atoms with Crippen molar-refractivity contribution in [3.8, 4) is 0 Å². The molecule has 1 aromatic carbocycles. The minimum absolute atomic E-state index is 1.88. The highest BCUT2D eigenvalue weighted by molar-refractivity contribution is 4.98. The summed E-state index contributed by atoms with van der Waals surface area (Å²) in [7, 11) is 0. The van der Waals surface area contributed by atoms with Gasteiger partial charge < -0.3 is 0 Å². The molecule has 0 heteroatoms. The highest BCUT2D eigenvalue weighted by atomic mass is 13.7. The summed E-state index contributed by atoms with van der Waals surface area (Å²) in [6.45, 7) is 0. The summed E-state index contributed by atoms with van der Waals surface area (Å²) in [5, 5.41) is 0. The molecule has 0 nitrogen and oxygen atoms in total. The van der Waals surface area contributed by atoms with Gasteiger partial charge in [-0.05, 0) is 6.07 Å². The topological polar surface area (TPSA) is 0 Å². The normalized spacial score (nSPS) is 8.00. The van der Waals surface area contributed by atoms with Gasteiger partial charge in [0.1, 0.15) is 0 Å². The van der Waals surface area contributed by atoms with Crippen molar-refractivity contribution >= 4 is 0 Å². The van der Waals surface area contributed by atoms with Crippen LogP contribution >= 0.6 is 0 Å². The zero-order valence-corrected chi connectivity index (χ0v) is 5.70. The first-order valence-electron chi connectivity index (χ1n) is 3.24. The van der Waals surface area contributed by atoms with E-state index in [2.05, 4.69) is 6.07 Å². The Morgan fingerprint density at radius 2 is 0.900 bits per heavy atom. The molecule has 0 N–H and O–H groups in total. The van der Waals surface area contributed by atoms with Crippen molar-refractivity contribution in [2.45, 2.75) is 0 Å². The lowest BCUT2D eigenvalue weighted by atomic mass is 10.4. The van der Waals surface area contributed by atoms with Gasteiger partial charge in [-0.2, -0.15) is 0 Å². The van der Waals surface area contributed by atoms with Crippen molar-refractivity contribution in [3.63, 3.8) is 0 Å². The minimum atomic E-state index is 1.88. The van der Waals surface area contributed by atoms with Crippen molar-refractivity contribution in [2.75, 3.05) is 0 Å². The number of rotatable bonds is 0. The Labute approximate surface area is 61.5 Å². The Hall–Kier alpha value is -1.30. The summed E-state index contributed by atoms with van der Waals surface area (Å²) in [5.74, 6) is 0. The van der Waals surface area contributed by atoms with Crippen LogP contribution in [0.15, 0.2) is 54.6 Å². The summed E-state index contributed by atoms with van der Waals surface area (Å²) in [4.78, 5) is 0. The summed E-state index contributed by atoms with van der Waals surface area (Å²) < 4.78 is 0. The second kappa shape index (κ2) is 4.57. The minimum Gasteiger partial charge on any atom is -0.0623 e. The first-order valence-corrected chi connectivity index (χ1v) is 3.24. The summed E-state index contributed by atoms with van der Waals surface area (Å²) >= 11 is 0. The molecule has 0 amide bonds. The van der Waals surface area contributed by atoms with Gasteiger partial charge in [0, 0.05) is 0 Å². The van der Waals surface area contributed by atoms with E-state index in [1.54, 1.807) is 0 Å². The van der Waals surface area contributed by atoms with Gasteiger partial charge in [-0.3, -0.25) is 0 Å². The van der Waals surface area contributed by atoms with Crippen LogP contribution in [0.3, 0.4) is 0 Å². The standard InChI is InChI=1S/C10H9/c1-2-4-6-8-10-9-7-5-3-1/h1-9H. The predicted octanol–water partition coefficient (Wildman–Crippen LogP) is 2.61. The van der Waals surface area contributed by atoms with Gasteiger partial charge in [-0.15, -0.1) is 0 Å². The molecule has 0 saturated heterocycles. The lowest BCUT2D eigenvalue weighted by Crippen LogP contribution is -1.48. The molecule has 0 heterocycles. The zero-order chi connectivity index (χ0) is 7.07. The summed E-state index contributed by atoms with van der Waals surface area (Å²) in [5.41, 5.74) is 0. The van der Waals surface area contributed by atoms with Gasteiger partial charge >= 0.3 is 0 Å². The van der Waals surface area contributed by atoms with Crippen LogP contribution in [0.2, 0.25) is 0 Å². The first kappa shape index (κ1) is 6.81. The molecule has 49 valence electrons. The molecule has 0 aliphatic heterocycles. The average Bonchev–Trinajstić information content (AvgIpc) is 2.01. The molecule has 0 bridgehead atoms. The van der Waals surface area contributed by atoms with Gasteiger partial charge in [-0.1, -0.05) is 54.6 Å². The highest BCUT2D eigenvalue weighted by Gasteiger charge is 1.58. The lowest BCUT2D eigenvalue weighted by molar-refractivity contribution is 1.71. The maximum atomic E-state index is 2.98.